The number of hydrogen-bond acceptors (Lipinski definition) is 4. The summed E-state index contributed by atoms with van der Waals surface area (Å²) >= 11 is 12.6. The molecule has 0 radical (unpaired) electrons. The van der Waals surface area contributed by atoms with E-state index in [4.69, 9.17) is 37.8 Å². The third-order valence-corrected chi connectivity index (χ3v) is 5.16. The Kier molecular flexibility index (Phi) is 13.7. The lowest BCUT2D eigenvalue weighted by molar-refractivity contribution is -0.110. The molecule has 2 aromatic rings. The van der Waals surface area contributed by atoms with Crippen LogP contribution in [0.5, 0.6) is 0 Å². The van der Waals surface area contributed by atoms with E-state index in [1.54, 1.807) is 7.11 Å². The van der Waals surface area contributed by atoms with Gasteiger partial charge in [0.2, 0.25) is 6.41 Å². The smallest absolute Gasteiger partial charge is 0.207 e. The summed E-state index contributed by atoms with van der Waals surface area (Å²) in [7, 11) is 2.65. The van der Waals surface area contributed by atoms with Crippen molar-refractivity contribution in [3.8, 4) is 11.1 Å². The first-order valence-electron chi connectivity index (χ1n) is 9.49. The van der Waals surface area contributed by atoms with Gasteiger partial charge in [-0.2, -0.15) is 0 Å². The summed E-state index contributed by atoms with van der Waals surface area (Å²) in [6.07, 6.45) is 3.42. The molecule has 0 fully saturated rings. The zero-order valence-corrected chi connectivity index (χ0v) is 20.2. The number of carbonyl (C=O) groups is 2. The molecule has 2 rings (SSSR count). The highest BCUT2D eigenvalue weighted by Crippen LogP contribution is 2.34. The second-order valence-corrected chi connectivity index (χ2v) is 7.75. The number of aliphatic hydroxyl groups is 1. The number of amides is 1. The lowest BCUT2D eigenvalue weighted by atomic mass is 9.90. The van der Waals surface area contributed by atoms with E-state index in [1.165, 1.54) is 0 Å². The molecule has 1 atom stereocenters. The van der Waals surface area contributed by atoms with Crippen LogP contribution in [0.1, 0.15) is 31.4 Å². The standard InChI is InChI=1S/C22H25Cl2NO2.CH4O.CH2O/c1-15-11-18(17-5-7-19(23)8-6-17)12-20(24)21(15)16(2)13-22(3,25-14-26)9-10-27-4;2*1-2/h5-8,11-14H,9-10H2,1-4H3,(H,25,26);2H,1H3;1H2/b16-13+;;. The molecule has 0 spiro atoms. The molecule has 0 aliphatic carbocycles. The molecule has 5 nitrogen and oxygen atoms in total. The second kappa shape index (κ2) is 14.8. The number of carbonyl (C=O) groups excluding carboxylic acids is 2. The van der Waals surface area contributed by atoms with Crippen molar-refractivity contribution in [2.75, 3.05) is 20.8 Å². The Hall–Kier alpha value is -2.18. The zero-order chi connectivity index (χ0) is 24.0. The van der Waals surface area contributed by atoms with Crippen molar-refractivity contribution in [2.24, 2.45) is 0 Å². The first kappa shape index (κ1) is 28.8. The molecule has 0 saturated carbocycles. The van der Waals surface area contributed by atoms with Crippen molar-refractivity contribution in [1.82, 2.24) is 5.32 Å². The van der Waals surface area contributed by atoms with Gasteiger partial charge in [-0.25, -0.2) is 0 Å². The van der Waals surface area contributed by atoms with Crippen LogP contribution in [0.15, 0.2) is 42.5 Å². The minimum absolute atomic E-state index is 0.507. The Morgan fingerprint density at radius 2 is 1.74 bits per heavy atom. The molecule has 0 aliphatic heterocycles. The Bertz CT molecular complexity index is 830. The summed E-state index contributed by atoms with van der Waals surface area (Å²) in [5, 5.41) is 11.3. The minimum atomic E-state index is -0.507. The van der Waals surface area contributed by atoms with E-state index < -0.39 is 5.54 Å². The van der Waals surface area contributed by atoms with Crippen molar-refractivity contribution in [3.05, 3.63) is 63.6 Å². The number of aliphatic hydroxyl groups excluding tert-OH is 1. The molecule has 1 amide bonds. The quantitative estimate of drug-likeness (QED) is 0.513. The number of aryl methyl sites for hydroxylation is 1. The fraction of sp³-hybridized carbons (Fsp3) is 0.333. The summed E-state index contributed by atoms with van der Waals surface area (Å²) in [6.45, 7) is 8.56. The average Bonchev–Trinajstić information content (AvgIpc) is 2.75. The van der Waals surface area contributed by atoms with Gasteiger partial charge in [0.1, 0.15) is 6.79 Å². The second-order valence-electron chi connectivity index (χ2n) is 6.91. The minimum Gasteiger partial charge on any atom is -0.400 e. The molecular weight excluding hydrogens is 437 g/mol. The summed E-state index contributed by atoms with van der Waals surface area (Å²) in [4.78, 5) is 19.0. The predicted molar refractivity (Wildman–Crippen MR) is 130 cm³/mol. The number of methoxy groups -OCH3 is 1. The van der Waals surface area contributed by atoms with Crippen LogP contribution in [0.2, 0.25) is 10.0 Å². The summed E-state index contributed by atoms with van der Waals surface area (Å²) in [6, 6.07) is 11.8. The molecule has 0 aliphatic rings. The molecule has 31 heavy (non-hydrogen) atoms. The first-order chi connectivity index (χ1) is 14.8. The van der Waals surface area contributed by atoms with Gasteiger partial charge in [0, 0.05) is 30.9 Å². The number of halogens is 2. The fourth-order valence-electron chi connectivity index (χ4n) is 3.24. The van der Waals surface area contributed by atoms with Gasteiger partial charge in [0.25, 0.3) is 0 Å². The van der Waals surface area contributed by atoms with Gasteiger partial charge in [-0.05, 0) is 73.2 Å². The maximum atomic E-state index is 11.0. The Morgan fingerprint density at radius 1 is 1.16 bits per heavy atom. The number of rotatable bonds is 8. The van der Waals surface area contributed by atoms with E-state index in [2.05, 4.69) is 11.4 Å². The van der Waals surface area contributed by atoms with Crippen LogP contribution in [-0.4, -0.2) is 44.7 Å². The number of allylic oxidation sites excluding steroid dienone is 1. The fourth-order valence-corrected chi connectivity index (χ4v) is 3.78. The van der Waals surface area contributed by atoms with Gasteiger partial charge in [0.05, 0.1) is 5.54 Å². The summed E-state index contributed by atoms with van der Waals surface area (Å²) in [5.74, 6) is 0. The van der Waals surface area contributed by atoms with Crippen LogP contribution in [-0.2, 0) is 14.3 Å². The van der Waals surface area contributed by atoms with E-state index in [-0.39, 0.29) is 0 Å². The van der Waals surface area contributed by atoms with Crippen LogP contribution in [0.25, 0.3) is 16.7 Å². The predicted octanol–water partition coefficient (Wildman–Crippen LogP) is 5.34. The number of ether oxygens (including phenoxy) is 1. The van der Waals surface area contributed by atoms with Crippen molar-refractivity contribution in [2.45, 2.75) is 32.7 Å². The normalized spacial score (nSPS) is 12.5. The largest absolute Gasteiger partial charge is 0.400 e. The van der Waals surface area contributed by atoms with E-state index in [1.807, 2.05) is 64.0 Å². The number of benzene rings is 2. The lowest BCUT2D eigenvalue weighted by Crippen LogP contribution is -2.40. The third kappa shape index (κ3) is 8.83. The van der Waals surface area contributed by atoms with Gasteiger partial charge >= 0.3 is 0 Å². The Labute approximate surface area is 195 Å². The highest BCUT2D eigenvalue weighted by atomic mass is 35.5. The molecule has 0 heterocycles. The molecule has 2 N–H and O–H groups in total. The molecule has 1 unspecified atom stereocenters. The van der Waals surface area contributed by atoms with E-state index >= 15 is 0 Å². The molecule has 0 aromatic heterocycles. The monoisotopic (exact) mass is 467 g/mol. The van der Waals surface area contributed by atoms with E-state index in [9.17, 15) is 4.79 Å². The van der Waals surface area contributed by atoms with Gasteiger partial charge in [0.15, 0.2) is 0 Å². The van der Waals surface area contributed by atoms with E-state index in [0.29, 0.717) is 23.1 Å². The van der Waals surface area contributed by atoms with Crippen LogP contribution < -0.4 is 5.32 Å². The Morgan fingerprint density at radius 3 is 2.23 bits per heavy atom. The molecule has 7 heteroatoms. The van der Waals surface area contributed by atoms with Crippen molar-refractivity contribution < 1.29 is 19.4 Å². The number of nitrogens with one attached hydrogen (secondary N) is 1. The van der Waals surface area contributed by atoms with Crippen LogP contribution >= 0.6 is 23.2 Å². The average molecular weight is 468 g/mol. The first-order valence-corrected chi connectivity index (χ1v) is 10.2. The molecule has 170 valence electrons. The van der Waals surface area contributed by atoms with Crippen LogP contribution in [0, 0.1) is 6.92 Å². The molecule has 0 bridgehead atoms. The maximum absolute atomic E-state index is 11.0. The third-order valence-electron chi connectivity index (χ3n) is 4.61. The van der Waals surface area contributed by atoms with E-state index in [0.717, 1.165) is 41.3 Å². The van der Waals surface area contributed by atoms with Crippen LogP contribution in [0.4, 0.5) is 0 Å². The van der Waals surface area contributed by atoms with Gasteiger partial charge in [-0.15, -0.1) is 0 Å². The van der Waals surface area contributed by atoms with Crippen LogP contribution in [0.3, 0.4) is 0 Å². The molecular formula is C24H31Cl2NO4. The summed E-state index contributed by atoms with van der Waals surface area (Å²) in [5.41, 5.74) is 4.65. The van der Waals surface area contributed by atoms with Gasteiger partial charge in [-0.1, -0.05) is 47.5 Å². The highest BCUT2D eigenvalue weighted by Gasteiger charge is 2.22. The van der Waals surface area contributed by atoms with Crippen molar-refractivity contribution >= 4 is 42.0 Å². The van der Waals surface area contributed by atoms with Crippen molar-refractivity contribution in [3.63, 3.8) is 0 Å². The highest BCUT2D eigenvalue weighted by molar-refractivity contribution is 6.33. The zero-order valence-electron chi connectivity index (χ0n) is 18.7. The SMILES string of the molecule is C=O.CO.COCCC(C)(/C=C(\C)c1c(C)cc(-c2ccc(Cl)cc2)cc1Cl)NC=O. The topological polar surface area (TPSA) is 75.6 Å². The van der Waals surface area contributed by atoms with Gasteiger partial charge < -0.3 is 20.0 Å². The molecule has 2 aromatic carbocycles. The lowest BCUT2D eigenvalue weighted by Gasteiger charge is -2.27. The maximum Gasteiger partial charge on any atom is 0.207 e. The van der Waals surface area contributed by atoms with Crippen molar-refractivity contribution in [1.29, 1.82) is 0 Å². The Balaban J connectivity index is 0.00000212. The molecule has 0 saturated heterocycles. The summed E-state index contributed by atoms with van der Waals surface area (Å²) < 4.78 is 5.17. The van der Waals surface area contributed by atoms with Gasteiger partial charge in [-0.3, -0.25) is 4.79 Å². The number of hydrogen-bond donors (Lipinski definition) is 2.